The predicted octanol–water partition coefficient (Wildman–Crippen LogP) is 31.0. The molecule has 0 aliphatic carbocycles. The van der Waals surface area contributed by atoms with Gasteiger partial charge in [-0.05, 0) is 235 Å². The Morgan fingerprint density at radius 2 is 0.496 bits per heavy atom. The van der Waals surface area contributed by atoms with Gasteiger partial charge in [-0.25, -0.2) is 0 Å². The molecular formula is C118H115BN4. The van der Waals surface area contributed by atoms with E-state index in [2.05, 4.69) is 337 Å². The molecule has 610 valence electrons. The highest BCUT2D eigenvalue weighted by atomic mass is 15.2. The van der Waals surface area contributed by atoms with Gasteiger partial charge in [0, 0.05) is 77.9 Å². The molecule has 4 nitrogen and oxygen atoms in total. The molecule has 0 atom stereocenters. The van der Waals surface area contributed by atoms with Gasteiger partial charge in [0.05, 0.1) is 55.4 Å². The smallest absolute Gasteiger partial charge is 0.252 e. The van der Waals surface area contributed by atoms with Crippen LogP contribution < -0.4 is 26.2 Å². The number of anilines is 6. The normalized spacial score (nSPS) is 15.2. The first-order chi connectivity index (χ1) is 65.1. The van der Waals surface area contributed by atoms with Crippen molar-refractivity contribution >= 4 is 101 Å². The molecule has 17 aromatic rings. The molecule has 5 heteroatoms. The van der Waals surface area contributed by atoms with Crippen LogP contribution in [0.25, 0.3) is 122 Å². The maximum atomic E-state index is 10.1. The minimum Gasteiger partial charge on any atom is -0.310 e. The maximum absolute atomic E-state index is 10.1. The molecule has 2 aliphatic rings. The van der Waals surface area contributed by atoms with Gasteiger partial charge in [-0.15, -0.1) is 0 Å². The molecule has 0 unspecified atom stereocenters. The summed E-state index contributed by atoms with van der Waals surface area (Å²) in [5, 5.41) is -0.301. The Morgan fingerprint density at radius 1 is 0.228 bits per heavy atom. The first kappa shape index (κ1) is 63.5. The number of benzene rings is 15. The SMILES string of the molecule is [2H]c1c([2H])c([2H])c2c(c1[2H])c1c([2H])c([2H])c([2H])c([2H])c1n2-c1ccc2c(c1)N(c1c(-c3ccccc3)cc(C(C)(C)C)cc1-c1cccc(-c3cc(C(C)(C)C)cc(C(C)(C)C)c3)c1)c1cc(C(C)(C)C)cc3c1B2c1ccc(-n2c4c([2H])c([2H])c([2H])c([2H])c4c4c([2H])c([2H])c([2H])c([2H])c42)cc1N3c1c(-c2ccccc2)cc(C(C)(C)C)cc1-c1cccc(-c2cc(C(C)(C)C)cc(C(C)(C)C)c2)c1. The summed E-state index contributed by atoms with van der Waals surface area (Å²) in [6.45, 7) is 46.3. The fourth-order valence-electron chi connectivity index (χ4n) is 18.3. The number of rotatable bonds is 10. The van der Waals surface area contributed by atoms with Crippen molar-refractivity contribution in [1.82, 2.24) is 9.13 Å². The second kappa shape index (κ2) is 29.1. The van der Waals surface area contributed by atoms with Crippen LogP contribution in [0.2, 0.25) is 0 Å². The molecule has 2 aliphatic heterocycles. The van der Waals surface area contributed by atoms with Gasteiger partial charge >= 0.3 is 0 Å². The molecule has 0 spiro atoms. The van der Waals surface area contributed by atoms with Crippen LogP contribution in [0.15, 0.2) is 315 Å². The quantitative estimate of drug-likeness (QED) is 0.127. The zero-order valence-electron chi connectivity index (χ0n) is 90.7. The molecule has 0 amide bonds. The van der Waals surface area contributed by atoms with E-state index in [0.29, 0.717) is 22.7 Å². The lowest BCUT2D eigenvalue weighted by atomic mass is 9.33. The van der Waals surface area contributed by atoms with E-state index >= 15 is 0 Å². The van der Waals surface area contributed by atoms with E-state index < -0.39 is 120 Å². The van der Waals surface area contributed by atoms with Crippen molar-refractivity contribution in [2.75, 3.05) is 9.80 Å². The third-order valence-corrected chi connectivity index (χ3v) is 25.4. The summed E-state index contributed by atoms with van der Waals surface area (Å²) < 4.78 is 158. The van der Waals surface area contributed by atoms with E-state index in [1.807, 2.05) is 36.4 Å². The van der Waals surface area contributed by atoms with Gasteiger partial charge in [0.2, 0.25) is 0 Å². The van der Waals surface area contributed by atoms with Crippen molar-refractivity contribution in [1.29, 1.82) is 0 Å². The highest BCUT2D eigenvalue weighted by molar-refractivity contribution is 7.00. The van der Waals surface area contributed by atoms with Crippen molar-refractivity contribution in [2.45, 2.75) is 183 Å². The highest BCUT2D eigenvalue weighted by Gasteiger charge is 2.47. The van der Waals surface area contributed by atoms with Gasteiger partial charge in [0.15, 0.2) is 0 Å². The first-order valence-corrected chi connectivity index (χ1v) is 43.2. The lowest BCUT2D eigenvalue weighted by Gasteiger charge is -2.47. The van der Waals surface area contributed by atoms with Gasteiger partial charge in [0.1, 0.15) is 0 Å². The van der Waals surface area contributed by atoms with E-state index in [1.54, 1.807) is 9.13 Å². The number of para-hydroxylation sites is 4. The first-order valence-electron chi connectivity index (χ1n) is 51.2. The predicted molar refractivity (Wildman–Crippen MR) is 533 cm³/mol. The Balaban J connectivity index is 1.04. The monoisotopic (exact) mass is 1620 g/mol. The Kier molecular flexibility index (Phi) is 15.0. The Morgan fingerprint density at radius 3 is 0.805 bits per heavy atom. The van der Waals surface area contributed by atoms with Crippen molar-refractivity contribution < 1.29 is 21.9 Å². The number of fused-ring (bicyclic) bond motifs is 10. The van der Waals surface area contributed by atoms with E-state index in [1.165, 1.54) is 22.3 Å². The fraction of sp³-hybridized carbons (Fsp3) is 0.237. The Labute approximate surface area is 753 Å². The van der Waals surface area contributed by atoms with Crippen LogP contribution in [-0.4, -0.2) is 15.8 Å². The molecule has 0 N–H and O–H groups in total. The summed E-state index contributed by atoms with van der Waals surface area (Å²) in [6, 6.07) is 70.3. The van der Waals surface area contributed by atoms with Crippen LogP contribution in [0.3, 0.4) is 0 Å². The zero-order valence-corrected chi connectivity index (χ0v) is 74.7. The number of hydrogen-bond donors (Lipinski definition) is 0. The summed E-state index contributed by atoms with van der Waals surface area (Å²) >= 11 is 0. The molecule has 0 bridgehead atoms. The van der Waals surface area contributed by atoms with E-state index in [0.717, 1.165) is 123 Å². The molecule has 2 aromatic heterocycles. The third kappa shape index (κ3) is 14.1. The molecule has 15 aromatic carbocycles. The number of aromatic nitrogens is 2. The molecule has 123 heavy (non-hydrogen) atoms. The van der Waals surface area contributed by atoms with E-state index in [-0.39, 0.29) is 65.3 Å². The van der Waals surface area contributed by atoms with Crippen LogP contribution >= 0.6 is 0 Å². The van der Waals surface area contributed by atoms with Gasteiger partial charge in [-0.2, -0.15) is 0 Å². The third-order valence-electron chi connectivity index (χ3n) is 25.4. The average Bonchev–Trinajstić information content (AvgIpc) is 1.68. The number of hydrogen-bond acceptors (Lipinski definition) is 2. The summed E-state index contributed by atoms with van der Waals surface area (Å²) in [7, 11) is 0. The van der Waals surface area contributed by atoms with Gasteiger partial charge < -0.3 is 18.9 Å². The number of nitrogens with zero attached hydrogens (tertiary/aromatic N) is 4. The maximum Gasteiger partial charge on any atom is 0.252 e. The van der Waals surface area contributed by atoms with Gasteiger partial charge in [0.25, 0.3) is 6.71 Å². The van der Waals surface area contributed by atoms with E-state index in [4.69, 9.17) is 0 Å². The average molecular weight is 1620 g/mol. The molecule has 19 rings (SSSR count). The van der Waals surface area contributed by atoms with Crippen molar-refractivity contribution in [2.24, 2.45) is 0 Å². The van der Waals surface area contributed by atoms with E-state index in [9.17, 15) is 21.9 Å². The molecule has 0 fully saturated rings. The summed E-state index contributed by atoms with van der Waals surface area (Å²) in [6.07, 6.45) is 0. The lowest BCUT2D eigenvalue weighted by molar-refractivity contribution is 0.568. The summed E-state index contributed by atoms with van der Waals surface area (Å²) in [5.74, 6) is 0. The van der Waals surface area contributed by atoms with Crippen LogP contribution in [0.4, 0.5) is 34.1 Å². The highest BCUT2D eigenvalue weighted by Crippen LogP contribution is 2.57. The van der Waals surface area contributed by atoms with Gasteiger partial charge in [-0.1, -0.05) is 364 Å². The second-order valence-electron chi connectivity index (χ2n) is 41.2. The van der Waals surface area contributed by atoms with Crippen molar-refractivity contribution in [3.63, 3.8) is 0 Å². The Hall–Kier alpha value is -12.4. The Bertz CT molecular complexity index is 7440. The standard InChI is InChI=1S/C118H115BN4/c1-112(2,3)82-60-80(61-83(64-82)113(4,5)6)76-42-36-44-78(58-76)97-68-86(116(13,14)15)66-95(74-38-24-22-25-39-74)110(97)122-105-72-89(120-101-50-32-28-46-91(101)92-47-29-33-51-102(92)120)54-56-99(105)119-100-57-55-90(121-103-52-34-30-48-93(103)94-49-31-35-53-104(94)121)73-106(100)123(108-71-88(118(19,20)21)70-107(122)109(108)119)111-96(75-40-26-23-27-41-75)67-87(117(16,17)18)69-98(111)79-45-37-43-77(59-79)81-62-84(114(7,8)9)65-85(63-81)115(10,11)12/h22-73H,1-21H3/i28D,29D,30D,31D,32D,33D,34D,35D,46D,47D,48D,49D,50D,51D,52D,53D. The lowest BCUT2D eigenvalue weighted by Crippen LogP contribution is -2.61. The van der Waals surface area contributed by atoms with Crippen molar-refractivity contribution in [3.05, 3.63) is 354 Å². The van der Waals surface area contributed by atoms with Crippen LogP contribution in [0.5, 0.6) is 0 Å². The topological polar surface area (TPSA) is 16.3 Å². The van der Waals surface area contributed by atoms with Crippen LogP contribution in [0, 0.1) is 0 Å². The minimum absolute atomic E-state index is 0.0535. The zero-order chi connectivity index (χ0) is 100. The fourth-order valence-corrected chi connectivity index (χ4v) is 18.3. The summed E-state index contributed by atoms with van der Waals surface area (Å²) in [4.78, 5) is 4.80. The minimum atomic E-state index is -0.819. The molecular weight excluding hydrogens is 1480 g/mol. The van der Waals surface area contributed by atoms with Crippen molar-refractivity contribution in [3.8, 4) is 78.1 Å². The van der Waals surface area contributed by atoms with Gasteiger partial charge in [-0.3, -0.25) is 0 Å². The molecule has 4 heterocycles. The molecule has 0 saturated carbocycles. The van der Waals surface area contributed by atoms with Crippen LogP contribution in [-0.2, 0) is 37.9 Å². The second-order valence-corrected chi connectivity index (χ2v) is 41.2. The largest absolute Gasteiger partial charge is 0.310 e. The summed E-state index contributed by atoms with van der Waals surface area (Å²) in [5.41, 5.74) is 23.2. The molecule has 0 saturated heterocycles. The van der Waals surface area contributed by atoms with Crippen LogP contribution in [0.1, 0.15) is 206 Å². The molecule has 0 radical (unpaired) electrons.